The molecule has 0 fully saturated rings. The highest BCUT2D eigenvalue weighted by Crippen LogP contribution is 2.17. The Bertz CT molecular complexity index is 637. The van der Waals surface area contributed by atoms with E-state index in [1.54, 1.807) is 18.2 Å². The van der Waals surface area contributed by atoms with Crippen molar-refractivity contribution in [3.05, 3.63) is 41.8 Å². The highest BCUT2D eigenvalue weighted by atomic mass is 19.1. The van der Waals surface area contributed by atoms with E-state index in [2.05, 4.69) is 20.8 Å². The molecule has 3 N–H and O–H groups in total. The summed E-state index contributed by atoms with van der Waals surface area (Å²) in [6.45, 7) is 2.09. The number of aromatic nitrogens is 2. The molecule has 0 bridgehead atoms. The summed E-state index contributed by atoms with van der Waals surface area (Å²) in [5.41, 5.74) is 1.57. The maximum Gasteiger partial charge on any atom is 0.269 e. The van der Waals surface area contributed by atoms with Crippen LogP contribution in [0.5, 0.6) is 0 Å². The van der Waals surface area contributed by atoms with Gasteiger partial charge in [-0.3, -0.25) is 14.7 Å². The van der Waals surface area contributed by atoms with Crippen LogP contribution in [-0.4, -0.2) is 35.1 Å². The van der Waals surface area contributed by atoms with E-state index in [9.17, 15) is 14.0 Å². The molecule has 2 amide bonds. The molecule has 0 saturated heterocycles. The van der Waals surface area contributed by atoms with Gasteiger partial charge in [-0.2, -0.15) is 5.10 Å². The molecule has 1 aromatic carbocycles. The Kier molecular flexibility index (Phi) is 4.65. The molecule has 0 spiro atoms. The molecule has 0 aliphatic rings. The van der Waals surface area contributed by atoms with Crippen LogP contribution in [0.15, 0.2) is 30.3 Å². The average Bonchev–Trinajstić information content (AvgIpc) is 2.94. The van der Waals surface area contributed by atoms with Gasteiger partial charge in [0.05, 0.1) is 5.69 Å². The number of rotatable bonds is 5. The highest BCUT2D eigenvalue weighted by Gasteiger charge is 2.10. The number of benzene rings is 1. The standard InChI is InChI=1S/C14H15FN4O2/c1-9(20)16-6-7-17-14(21)13-8-12(18-19-13)10-2-4-11(15)5-3-10/h2-5,8H,6-7H2,1H3,(H,16,20)(H,17,21)(H,18,19). The number of aromatic amines is 1. The molecule has 1 aromatic heterocycles. The van der Waals surface area contributed by atoms with Gasteiger partial charge >= 0.3 is 0 Å². The van der Waals surface area contributed by atoms with E-state index in [0.29, 0.717) is 30.0 Å². The highest BCUT2D eigenvalue weighted by molar-refractivity contribution is 5.93. The summed E-state index contributed by atoms with van der Waals surface area (Å²) in [6, 6.07) is 7.42. The zero-order valence-corrected chi connectivity index (χ0v) is 11.4. The quantitative estimate of drug-likeness (QED) is 0.720. The number of hydrogen-bond donors (Lipinski definition) is 3. The fraction of sp³-hybridized carbons (Fsp3) is 0.214. The van der Waals surface area contributed by atoms with Crippen molar-refractivity contribution in [3.8, 4) is 11.3 Å². The van der Waals surface area contributed by atoms with Crippen molar-refractivity contribution in [1.29, 1.82) is 0 Å². The Balaban J connectivity index is 1.94. The molecule has 0 aliphatic carbocycles. The van der Waals surface area contributed by atoms with Crippen molar-refractivity contribution >= 4 is 11.8 Å². The van der Waals surface area contributed by atoms with Crippen molar-refractivity contribution in [3.63, 3.8) is 0 Å². The number of carbonyl (C=O) groups is 2. The smallest absolute Gasteiger partial charge is 0.269 e. The van der Waals surface area contributed by atoms with E-state index >= 15 is 0 Å². The van der Waals surface area contributed by atoms with Gasteiger partial charge in [0.1, 0.15) is 11.5 Å². The number of carbonyl (C=O) groups excluding carboxylic acids is 2. The largest absolute Gasteiger partial charge is 0.355 e. The Morgan fingerprint density at radius 1 is 1.19 bits per heavy atom. The Morgan fingerprint density at radius 3 is 2.52 bits per heavy atom. The van der Waals surface area contributed by atoms with Gasteiger partial charge in [-0.1, -0.05) is 0 Å². The van der Waals surface area contributed by atoms with Gasteiger partial charge in [0, 0.05) is 25.6 Å². The number of halogens is 1. The van der Waals surface area contributed by atoms with Crippen LogP contribution in [0.2, 0.25) is 0 Å². The summed E-state index contributed by atoms with van der Waals surface area (Å²) in [5.74, 6) is -0.796. The first-order valence-electron chi connectivity index (χ1n) is 6.40. The van der Waals surface area contributed by atoms with E-state index in [1.165, 1.54) is 19.1 Å². The van der Waals surface area contributed by atoms with Crippen LogP contribution in [0.3, 0.4) is 0 Å². The fourth-order valence-electron chi connectivity index (χ4n) is 1.72. The number of H-pyrrole nitrogens is 1. The molecule has 0 radical (unpaired) electrons. The first-order chi connectivity index (χ1) is 10.1. The molecule has 2 aromatic rings. The molecule has 0 unspecified atom stereocenters. The Morgan fingerprint density at radius 2 is 1.86 bits per heavy atom. The van der Waals surface area contributed by atoms with Gasteiger partial charge in [-0.05, 0) is 30.3 Å². The summed E-state index contributed by atoms with van der Waals surface area (Å²) >= 11 is 0. The van der Waals surface area contributed by atoms with Crippen LogP contribution in [0.4, 0.5) is 4.39 Å². The van der Waals surface area contributed by atoms with E-state index in [-0.39, 0.29) is 17.6 Å². The molecule has 2 rings (SSSR count). The summed E-state index contributed by atoms with van der Waals surface area (Å²) in [7, 11) is 0. The van der Waals surface area contributed by atoms with Crippen molar-refractivity contribution in [2.24, 2.45) is 0 Å². The molecular formula is C14H15FN4O2. The van der Waals surface area contributed by atoms with Crippen molar-refractivity contribution in [1.82, 2.24) is 20.8 Å². The maximum atomic E-state index is 12.8. The third-order valence-corrected chi connectivity index (χ3v) is 2.75. The monoisotopic (exact) mass is 290 g/mol. The molecule has 0 atom stereocenters. The minimum Gasteiger partial charge on any atom is -0.355 e. The normalized spacial score (nSPS) is 10.2. The van der Waals surface area contributed by atoms with Crippen molar-refractivity contribution in [2.45, 2.75) is 6.92 Å². The molecule has 6 nitrogen and oxygen atoms in total. The van der Waals surface area contributed by atoms with Crippen LogP contribution < -0.4 is 10.6 Å². The van der Waals surface area contributed by atoms with Gasteiger partial charge < -0.3 is 10.6 Å². The number of nitrogens with one attached hydrogen (secondary N) is 3. The summed E-state index contributed by atoms with van der Waals surface area (Å²) in [5, 5.41) is 11.9. The molecule has 7 heteroatoms. The van der Waals surface area contributed by atoms with Gasteiger partial charge in [0.2, 0.25) is 5.91 Å². The Labute approximate surface area is 120 Å². The number of hydrogen-bond acceptors (Lipinski definition) is 3. The molecule has 21 heavy (non-hydrogen) atoms. The van der Waals surface area contributed by atoms with E-state index in [1.807, 2.05) is 0 Å². The van der Waals surface area contributed by atoms with Crippen LogP contribution in [0, 0.1) is 5.82 Å². The first-order valence-corrected chi connectivity index (χ1v) is 6.40. The molecule has 0 aliphatic heterocycles. The van der Waals surface area contributed by atoms with Crippen LogP contribution in [-0.2, 0) is 4.79 Å². The van der Waals surface area contributed by atoms with E-state index < -0.39 is 0 Å². The minimum atomic E-state index is -0.328. The lowest BCUT2D eigenvalue weighted by Crippen LogP contribution is -2.33. The van der Waals surface area contributed by atoms with E-state index in [0.717, 1.165) is 0 Å². The zero-order chi connectivity index (χ0) is 15.2. The SMILES string of the molecule is CC(=O)NCCNC(=O)c1cc(-c2ccc(F)cc2)n[nH]1. The molecule has 0 saturated carbocycles. The zero-order valence-electron chi connectivity index (χ0n) is 11.4. The predicted molar refractivity (Wildman–Crippen MR) is 75.0 cm³/mol. The first kappa shape index (κ1) is 14.7. The maximum absolute atomic E-state index is 12.8. The van der Waals surface area contributed by atoms with Gasteiger partial charge in [-0.15, -0.1) is 0 Å². The van der Waals surface area contributed by atoms with Gasteiger partial charge in [0.25, 0.3) is 5.91 Å². The average molecular weight is 290 g/mol. The predicted octanol–water partition coefficient (Wildman–Crippen LogP) is 1.08. The molecule has 110 valence electrons. The third kappa shape index (κ3) is 4.13. The second kappa shape index (κ2) is 6.65. The minimum absolute atomic E-state index is 0.149. The topological polar surface area (TPSA) is 86.9 Å². The van der Waals surface area contributed by atoms with Crippen LogP contribution >= 0.6 is 0 Å². The van der Waals surface area contributed by atoms with Gasteiger partial charge in [0.15, 0.2) is 0 Å². The van der Waals surface area contributed by atoms with Crippen molar-refractivity contribution in [2.75, 3.05) is 13.1 Å². The molecule has 1 heterocycles. The van der Waals surface area contributed by atoms with Gasteiger partial charge in [-0.25, -0.2) is 4.39 Å². The third-order valence-electron chi connectivity index (χ3n) is 2.75. The van der Waals surface area contributed by atoms with Crippen LogP contribution in [0.25, 0.3) is 11.3 Å². The fourth-order valence-corrected chi connectivity index (χ4v) is 1.72. The summed E-state index contributed by atoms with van der Waals surface area (Å²) < 4.78 is 12.8. The second-order valence-electron chi connectivity index (χ2n) is 4.41. The van der Waals surface area contributed by atoms with Crippen LogP contribution in [0.1, 0.15) is 17.4 Å². The Hall–Kier alpha value is -2.70. The lowest BCUT2D eigenvalue weighted by molar-refractivity contribution is -0.118. The molecular weight excluding hydrogens is 275 g/mol. The second-order valence-corrected chi connectivity index (χ2v) is 4.41. The summed E-state index contributed by atoms with van der Waals surface area (Å²) in [6.07, 6.45) is 0. The lowest BCUT2D eigenvalue weighted by Gasteiger charge is -2.03. The lowest BCUT2D eigenvalue weighted by atomic mass is 10.1. The summed E-state index contributed by atoms with van der Waals surface area (Å²) in [4.78, 5) is 22.5. The number of nitrogens with zero attached hydrogens (tertiary/aromatic N) is 1. The van der Waals surface area contributed by atoms with E-state index in [4.69, 9.17) is 0 Å². The van der Waals surface area contributed by atoms with Crippen molar-refractivity contribution < 1.29 is 14.0 Å². The number of amides is 2.